The first-order chi connectivity index (χ1) is 9.52. The molecular formula is C17H28ClNO. The molecule has 1 aromatic carbocycles. The van der Waals surface area contributed by atoms with Crippen LogP contribution in [0, 0.1) is 5.92 Å². The summed E-state index contributed by atoms with van der Waals surface area (Å²) < 4.78 is 6.13. The SMILES string of the molecule is CCCC(C)COC(CNC(C)C)c1ccc(Cl)cc1. The molecule has 1 N–H and O–H groups in total. The van der Waals surface area contributed by atoms with Crippen LogP contribution in [-0.4, -0.2) is 19.2 Å². The number of benzene rings is 1. The van der Waals surface area contributed by atoms with E-state index < -0.39 is 0 Å². The monoisotopic (exact) mass is 297 g/mol. The predicted molar refractivity (Wildman–Crippen MR) is 87.4 cm³/mol. The molecule has 2 atom stereocenters. The van der Waals surface area contributed by atoms with Crippen LogP contribution in [0.25, 0.3) is 0 Å². The van der Waals surface area contributed by atoms with E-state index in [0.717, 1.165) is 18.2 Å². The molecule has 0 aliphatic rings. The molecule has 0 fully saturated rings. The number of hydrogen-bond acceptors (Lipinski definition) is 2. The Bertz CT molecular complexity index is 364. The molecule has 2 nitrogen and oxygen atoms in total. The molecule has 0 aliphatic carbocycles. The van der Waals surface area contributed by atoms with Crippen molar-refractivity contribution in [2.45, 2.75) is 52.7 Å². The first-order valence-corrected chi connectivity index (χ1v) is 8.01. The Labute approximate surface area is 128 Å². The van der Waals surface area contributed by atoms with E-state index in [4.69, 9.17) is 16.3 Å². The molecule has 0 saturated carbocycles. The van der Waals surface area contributed by atoms with Gasteiger partial charge in [-0.25, -0.2) is 0 Å². The fraction of sp³-hybridized carbons (Fsp3) is 0.647. The van der Waals surface area contributed by atoms with Crippen molar-refractivity contribution in [3.05, 3.63) is 34.9 Å². The molecule has 3 heteroatoms. The molecule has 1 aromatic rings. The standard InChI is InChI=1S/C17H28ClNO/c1-5-6-14(4)12-20-17(11-19-13(2)3)15-7-9-16(18)10-8-15/h7-10,13-14,17,19H,5-6,11-12H2,1-4H3. The Balaban J connectivity index is 2.62. The molecule has 0 aliphatic heterocycles. The number of hydrogen-bond donors (Lipinski definition) is 1. The van der Waals surface area contributed by atoms with E-state index in [1.807, 2.05) is 12.1 Å². The van der Waals surface area contributed by atoms with Crippen molar-refractivity contribution >= 4 is 11.6 Å². The molecule has 1 rings (SSSR count). The summed E-state index contributed by atoms with van der Waals surface area (Å²) in [4.78, 5) is 0. The van der Waals surface area contributed by atoms with E-state index >= 15 is 0 Å². The van der Waals surface area contributed by atoms with Gasteiger partial charge in [-0.15, -0.1) is 0 Å². The highest BCUT2D eigenvalue weighted by Crippen LogP contribution is 2.21. The third kappa shape index (κ3) is 6.74. The molecule has 0 heterocycles. The lowest BCUT2D eigenvalue weighted by Gasteiger charge is -2.22. The Morgan fingerprint density at radius 2 is 1.80 bits per heavy atom. The Kier molecular flexibility index (Phi) is 8.20. The number of rotatable bonds is 9. The Hall–Kier alpha value is -0.570. The summed E-state index contributed by atoms with van der Waals surface area (Å²) in [6, 6.07) is 8.43. The minimum absolute atomic E-state index is 0.0916. The first kappa shape index (κ1) is 17.5. The van der Waals surface area contributed by atoms with Crippen LogP contribution in [0.15, 0.2) is 24.3 Å². The molecule has 0 saturated heterocycles. The molecule has 0 bridgehead atoms. The lowest BCUT2D eigenvalue weighted by Crippen LogP contribution is -2.29. The zero-order valence-electron chi connectivity index (χ0n) is 13.2. The maximum absolute atomic E-state index is 6.13. The predicted octanol–water partition coefficient (Wildman–Crippen LogP) is 4.83. The smallest absolute Gasteiger partial charge is 0.0949 e. The molecule has 20 heavy (non-hydrogen) atoms. The summed E-state index contributed by atoms with van der Waals surface area (Å²) in [5.41, 5.74) is 1.19. The van der Waals surface area contributed by atoms with E-state index in [-0.39, 0.29) is 6.10 Å². The second kappa shape index (κ2) is 9.38. The van der Waals surface area contributed by atoms with Crippen molar-refractivity contribution in [3.8, 4) is 0 Å². The Morgan fingerprint density at radius 1 is 1.15 bits per heavy atom. The van der Waals surface area contributed by atoms with Crippen LogP contribution in [0.3, 0.4) is 0 Å². The van der Waals surface area contributed by atoms with Gasteiger partial charge in [-0.1, -0.05) is 57.8 Å². The van der Waals surface area contributed by atoms with Gasteiger partial charge in [-0.3, -0.25) is 0 Å². The molecular weight excluding hydrogens is 270 g/mol. The Morgan fingerprint density at radius 3 is 2.35 bits per heavy atom. The highest BCUT2D eigenvalue weighted by atomic mass is 35.5. The maximum Gasteiger partial charge on any atom is 0.0949 e. The van der Waals surface area contributed by atoms with E-state index in [1.54, 1.807) is 0 Å². The van der Waals surface area contributed by atoms with Crippen molar-refractivity contribution in [1.82, 2.24) is 5.32 Å². The summed E-state index contributed by atoms with van der Waals surface area (Å²) in [6.45, 7) is 10.4. The van der Waals surface area contributed by atoms with Crippen LogP contribution < -0.4 is 5.32 Å². The average Bonchev–Trinajstić information content (AvgIpc) is 2.40. The third-order valence-corrected chi connectivity index (χ3v) is 3.57. The van der Waals surface area contributed by atoms with Crippen LogP contribution in [0.1, 0.15) is 52.2 Å². The summed E-state index contributed by atoms with van der Waals surface area (Å²) in [7, 11) is 0. The van der Waals surface area contributed by atoms with Crippen LogP contribution in [-0.2, 0) is 4.74 Å². The molecule has 0 amide bonds. The highest BCUT2D eigenvalue weighted by Gasteiger charge is 2.14. The molecule has 0 spiro atoms. The number of halogens is 1. The van der Waals surface area contributed by atoms with Crippen molar-refractivity contribution in [3.63, 3.8) is 0 Å². The minimum atomic E-state index is 0.0916. The van der Waals surface area contributed by atoms with Gasteiger partial charge in [-0.2, -0.15) is 0 Å². The van der Waals surface area contributed by atoms with Gasteiger partial charge in [0.2, 0.25) is 0 Å². The van der Waals surface area contributed by atoms with E-state index in [9.17, 15) is 0 Å². The fourth-order valence-corrected chi connectivity index (χ4v) is 2.28. The summed E-state index contributed by atoms with van der Waals surface area (Å²) >= 11 is 5.96. The normalized spacial score (nSPS) is 14.5. The topological polar surface area (TPSA) is 21.3 Å². The maximum atomic E-state index is 6.13. The van der Waals surface area contributed by atoms with E-state index in [1.165, 1.54) is 18.4 Å². The zero-order valence-corrected chi connectivity index (χ0v) is 13.9. The second-order valence-corrected chi connectivity index (χ2v) is 6.27. The molecule has 0 aromatic heterocycles. The van der Waals surface area contributed by atoms with Crippen molar-refractivity contribution in [1.29, 1.82) is 0 Å². The minimum Gasteiger partial charge on any atom is -0.372 e. The third-order valence-electron chi connectivity index (χ3n) is 3.32. The van der Waals surface area contributed by atoms with Gasteiger partial charge in [0.25, 0.3) is 0 Å². The van der Waals surface area contributed by atoms with Crippen molar-refractivity contribution in [2.75, 3.05) is 13.2 Å². The quantitative estimate of drug-likeness (QED) is 0.705. The fourth-order valence-electron chi connectivity index (χ4n) is 2.15. The number of nitrogens with one attached hydrogen (secondary N) is 1. The van der Waals surface area contributed by atoms with Gasteiger partial charge in [0.05, 0.1) is 12.7 Å². The summed E-state index contributed by atoms with van der Waals surface area (Å²) in [5, 5.41) is 4.22. The van der Waals surface area contributed by atoms with E-state index in [2.05, 4.69) is 45.1 Å². The molecule has 2 unspecified atom stereocenters. The van der Waals surface area contributed by atoms with Crippen LogP contribution in [0.5, 0.6) is 0 Å². The summed E-state index contributed by atoms with van der Waals surface area (Å²) in [5.74, 6) is 0.605. The lowest BCUT2D eigenvalue weighted by molar-refractivity contribution is 0.0289. The van der Waals surface area contributed by atoms with Crippen LogP contribution >= 0.6 is 11.6 Å². The highest BCUT2D eigenvalue weighted by molar-refractivity contribution is 6.30. The summed E-state index contributed by atoms with van der Waals surface area (Å²) in [6.07, 6.45) is 2.51. The zero-order chi connectivity index (χ0) is 15.0. The van der Waals surface area contributed by atoms with Gasteiger partial charge >= 0.3 is 0 Å². The van der Waals surface area contributed by atoms with Gasteiger partial charge in [0, 0.05) is 17.6 Å². The average molecular weight is 298 g/mol. The van der Waals surface area contributed by atoms with Crippen LogP contribution in [0.2, 0.25) is 5.02 Å². The first-order valence-electron chi connectivity index (χ1n) is 7.63. The largest absolute Gasteiger partial charge is 0.372 e. The van der Waals surface area contributed by atoms with Gasteiger partial charge in [-0.05, 0) is 30.0 Å². The van der Waals surface area contributed by atoms with Crippen molar-refractivity contribution < 1.29 is 4.74 Å². The molecule has 114 valence electrons. The molecule has 0 radical (unpaired) electrons. The van der Waals surface area contributed by atoms with Gasteiger partial charge in [0.15, 0.2) is 0 Å². The van der Waals surface area contributed by atoms with Gasteiger partial charge < -0.3 is 10.1 Å². The van der Waals surface area contributed by atoms with Crippen molar-refractivity contribution in [2.24, 2.45) is 5.92 Å². The second-order valence-electron chi connectivity index (χ2n) is 5.83. The van der Waals surface area contributed by atoms with E-state index in [0.29, 0.717) is 12.0 Å². The lowest BCUT2D eigenvalue weighted by atomic mass is 10.1. The van der Waals surface area contributed by atoms with Crippen LogP contribution in [0.4, 0.5) is 0 Å². The van der Waals surface area contributed by atoms with Gasteiger partial charge in [0.1, 0.15) is 0 Å². The number of ether oxygens (including phenoxy) is 1.